The van der Waals surface area contributed by atoms with Crippen LogP contribution >= 0.6 is 0 Å². The van der Waals surface area contributed by atoms with Crippen molar-refractivity contribution in [3.63, 3.8) is 0 Å². The molecular formula is C20H28N4. The first-order chi connectivity index (χ1) is 11.8. The first kappa shape index (κ1) is 15.8. The topological polar surface area (TPSA) is 34.0 Å². The lowest BCUT2D eigenvalue weighted by atomic mass is 9.89. The van der Waals surface area contributed by atoms with Crippen LogP contribution in [0.5, 0.6) is 0 Å². The molecule has 3 heterocycles. The van der Waals surface area contributed by atoms with Gasteiger partial charge in [-0.05, 0) is 51.3 Å². The molecule has 1 saturated heterocycles. The number of rotatable bonds is 3. The van der Waals surface area contributed by atoms with Crippen molar-refractivity contribution >= 4 is 0 Å². The Morgan fingerprint density at radius 3 is 2.71 bits per heavy atom. The molecule has 1 aliphatic carbocycles. The third-order valence-corrected chi connectivity index (χ3v) is 5.79. The van der Waals surface area contributed by atoms with Gasteiger partial charge >= 0.3 is 0 Å². The Bertz CT molecular complexity index is 672. The maximum atomic E-state index is 4.98. The summed E-state index contributed by atoms with van der Waals surface area (Å²) in [6, 6.07) is 7.27. The number of piperidine rings is 1. The Labute approximate surface area is 144 Å². The van der Waals surface area contributed by atoms with E-state index in [1.807, 2.05) is 19.3 Å². The van der Waals surface area contributed by atoms with Gasteiger partial charge in [-0.2, -0.15) is 0 Å². The molecule has 2 aromatic heterocycles. The molecule has 1 aliphatic heterocycles. The number of pyridine rings is 1. The molecule has 0 radical (unpaired) electrons. The highest BCUT2D eigenvalue weighted by molar-refractivity contribution is 5.28. The number of hydrogen-bond donors (Lipinski definition) is 0. The van der Waals surface area contributed by atoms with Crippen LogP contribution in [0.15, 0.2) is 30.6 Å². The van der Waals surface area contributed by atoms with Gasteiger partial charge in [-0.15, -0.1) is 0 Å². The molecule has 0 amide bonds. The van der Waals surface area contributed by atoms with Gasteiger partial charge in [0.1, 0.15) is 11.6 Å². The number of nitrogens with zero attached hydrogens (tertiary/aromatic N) is 4. The minimum Gasteiger partial charge on any atom is -0.300 e. The minimum atomic E-state index is 0.574. The number of aromatic nitrogens is 3. The summed E-state index contributed by atoms with van der Waals surface area (Å²) in [4.78, 5) is 12.1. The van der Waals surface area contributed by atoms with E-state index < -0.39 is 0 Å². The summed E-state index contributed by atoms with van der Waals surface area (Å²) in [6.45, 7) is 4.49. The average Bonchev–Trinajstić information content (AvgIpc) is 3.09. The monoisotopic (exact) mass is 324 g/mol. The van der Waals surface area contributed by atoms with E-state index in [0.717, 1.165) is 17.7 Å². The maximum Gasteiger partial charge on any atom is 0.138 e. The van der Waals surface area contributed by atoms with Crippen molar-refractivity contribution in [1.29, 1.82) is 0 Å². The standard InChI is InChI=1S/C20H28N4/c1-16-21-12-14-24(16)20-11-5-10-19(22-20)17-7-6-13-23(15-17)18-8-3-2-4-9-18/h5,10-12,14,17-18H,2-4,6-9,13,15H2,1H3/t17-/m0/s1. The number of imidazole rings is 1. The Morgan fingerprint density at radius 2 is 1.92 bits per heavy atom. The van der Waals surface area contributed by atoms with Crippen LogP contribution < -0.4 is 0 Å². The summed E-state index contributed by atoms with van der Waals surface area (Å²) in [5.74, 6) is 2.56. The first-order valence-electron chi connectivity index (χ1n) is 9.52. The first-order valence-corrected chi connectivity index (χ1v) is 9.52. The van der Waals surface area contributed by atoms with Gasteiger partial charge in [-0.3, -0.25) is 9.47 Å². The van der Waals surface area contributed by atoms with Crippen molar-refractivity contribution in [3.05, 3.63) is 42.1 Å². The number of likely N-dealkylation sites (tertiary alicyclic amines) is 1. The zero-order valence-corrected chi connectivity index (χ0v) is 14.7. The van der Waals surface area contributed by atoms with Gasteiger partial charge in [0.2, 0.25) is 0 Å². The molecule has 4 heteroatoms. The van der Waals surface area contributed by atoms with Crippen LogP contribution in [0.25, 0.3) is 5.82 Å². The van der Waals surface area contributed by atoms with E-state index in [-0.39, 0.29) is 0 Å². The fourth-order valence-corrected chi connectivity index (χ4v) is 4.45. The van der Waals surface area contributed by atoms with Gasteiger partial charge in [-0.1, -0.05) is 25.3 Å². The minimum absolute atomic E-state index is 0.574. The SMILES string of the molecule is Cc1nccn1-c1cccc([C@H]2CCCN(C3CCCCC3)C2)n1. The molecule has 0 unspecified atom stereocenters. The van der Waals surface area contributed by atoms with Crippen molar-refractivity contribution in [2.24, 2.45) is 0 Å². The second kappa shape index (κ2) is 7.06. The van der Waals surface area contributed by atoms with E-state index in [1.165, 1.54) is 63.7 Å². The zero-order valence-electron chi connectivity index (χ0n) is 14.7. The lowest BCUT2D eigenvalue weighted by Gasteiger charge is -2.40. The van der Waals surface area contributed by atoms with Gasteiger partial charge in [-0.25, -0.2) is 9.97 Å². The van der Waals surface area contributed by atoms with Crippen molar-refractivity contribution < 1.29 is 0 Å². The maximum absolute atomic E-state index is 4.98. The van der Waals surface area contributed by atoms with Crippen LogP contribution in [-0.2, 0) is 0 Å². The molecule has 4 nitrogen and oxygen atoms in total. The van der Waals surface area contributed by atoms with E-state index in [4.69, 9.17) is 4.98 Å². The van der Waals surface area contributed by atoms with Crippen LogP contribution in [0, 0.1) is 6.92 Å². The van der Waals surface area contributed by atoms with Crippen LogP contribution in [0.2, 0.25) is 0 Å². The summed E-state index contributed by atoms with van der Waals surface area (Å²) < 4.78 is 2.07. The summed E-state index contributed by atoms with van der Waals surface area (Å²) in [5, 5.41) is 0. The fraction of sp³-hybridized carbons (Fsp3) is 0.600. The molecule has 1 saturated carbocycles. The molecule has 128 valence electrons. The Kier molecular flexibility index (Phi) is 4.65. The number of aryl methyl sites for hydroxylation is 1. The van der Waals surface area contributed by atoms with Crippen LogP contribution in [0.4, 0.5) is 0 Å². The van der Waals surface area contributed by atoms with Gasteiger partial charge < -0.3 is 0 Å². The summed E-state index contributed by atoms with van der Waals surface area (Å²) in [6.07, 6.45) is 13.5. The molecule has 0 bridgehead atoms. The second-order valence-electron chi connectivity index (χ2n) is 7.39. The predicted molar refractivity (Wildman–Crippen MR) is 96.5 cm³/mol. The third-order valence-electron chi connectivity index (χ3n) is 5.79. The summed E-state index contributed by atoms with van der Waals surface area (Å²) in [7, 11) is 0. The molecule has 2 aromatic rings. The van der Waals surface area contributed by atoms with E-state index in [9.17, 15) is 0 Å². The van der Waals surface area contributed by atoms with Gasteiger partial charge in [0, 0.05) is 36.6 Å². The highest BCUT2D eigenvalue weighted by Gasteiger charge is 2.28. The van der Waals surface area contributed by atoms with Gasteiger partial charge in [0.25, 0.3) is 0 Å². The molecule has 24 heavy (non-hydrogen) atoms. The summed E-state index contributed by atoms with van der Waals surface area (Å²) in [5.41, 5.74) is 1.25. The number of hydrogen-bond acceptors (Lipinski definition) is 3. The lowest BCUT2D eigenvalue weighted by molar-refractivity contribution is 0.118. The zero-order chi connectivity index (χ0) is 16.4. The highest BCUT2D eigenvalue weighted by Crippen LogP contribution is 2.31. The quantitative estimate of drug-likeness (QED) is 0.853. The molecular weight excluding hydrogens is 296 g/mol. The molecule has 0 N–H and O–H groups in total. The van der Waals surface area contributed by atoms with E-state index in [2.05, 4.69) is 32.7 Å². The second-order valence-corrected chi connectivity index (χ2v) is 7.39. The lowest BCUT2D eigenvalue weighted by Crippen LogP contribution is -2.43. The third kappa shape index (κ3) is 3.25. The molecule has 1 atom stereocenters. The van der Waals surface area contributed by atoms with E-state index in [0.29, 0.717) is 5.92 Å². The Balaban J connectivity index is 1.52. The van der Waals surface area contributed by atoms with Crippen LogP contribution in [-0.4, -0.2) is 38.6 Å². The van der Waals surface area contributed by atoms with E-state index in [1.54, 1.807) is 0 Å². The molecule has 2 fully saturated rings. The van der Waals surface area contributed by atoms with Gasteiger partial charge in [0.05, 0.1) is 0 Å². The Morgan fingerprint density at radius 1 is 1.04 bits per heavy atom. The molecule has 0 aromatic carbocycles. The van der Waals surface area contributed by atoms with Gasteiger partial charge in [0.15, 0.2) is 0 Å². The molecule has 2 aliphatic rings. The fourth-order valence-electron chi connectivity index (χ4n) is 4.45. The average molecular weight is 324 g/mol. The van der Waals surface area contributed by atoms with Crippen LogP contribution in [0.3, 0.4) is 0 Å². The molecule has 4 rings (SSSR count). The van der Waals surface area contributed by atoms with Crippen molar-refractivity contribution in [2.45, 2.75) is 63.8 Å². The predicted octanol–water partition coefficient (Wildman–Crippen LogP) is 4.09. The normalized spacial score (nSPS) is 23.5. The summed E-state index contributed by atoms with van der Waals surface area (Å²) >= 11 is 0. The van der Waals surface area contributed by atoms with Crippen molar-refractivity contribution in [3.8, 4) is 5.82 Å². The van der Waals surface area contributed by atoms with Crippen LogP contribution in [0.1, 0.15) is 62.4 Å². The smallest absolute Gasteiger partial charge is 0.138 e. The van der Waals surface area contributed by atoms with E-state index >= 15 is 0 Å². The van der Waals surface area contributed by atoms with Crippen molar-refractivity contribution in [2.75, 3.05) is 13.1 Å². The highest BCUT2D eigenvalue weighted by atomic mass is 15.2. The Hall–Kier alpha value is -1.68. The van der Waals surface area contributed by atoms with Crippen molar-refractivity contribution in [1.82, 2.24) is 19.4 Å². The molecule has 0 spiro atoms. The largest absolute Gasteiger partial charge is 0.300 e.